The molecule has 0 aromatic heterocycles. The van der Waals surface area contributed by atoms with E-state index in [2.05, 4.69) is 16.3 Å². The zero-order valence-corrected chi connectivity index (χ0v) is 11.3. The molecular formula is C15H11ClF2O2. The SMILES string of the molecule is CC(=O)c1ccc(-c2ccc(OC(F)(F)Cl)cc2)cc1. The third kappa shape index (κ3) is 3.78. The standard InChI is InChI=1S/C15H11ClF2O2/c1-10(19)11-2-4-12(5-3-11)13-6-8-14(9-7-13)20-15(16,17)18/h2-9H,1H3. The van der Waals surface area contributed by atoms with Crippen LogP contribution in [0.2, 0.25) is 0 Å². The van der Waals surface area contributed by atoms with Crippen LogP contribution in [-0.2, 0) is 0 Å². The molecule has 0 fully saturated rings. The Balaban J connectivity index is 2.19. The number of carbonyl (C=O) groups is 1. The quantitative estimate of drug-likeness (QED) is 0.602. The monoisotopic (exact) mass is 296 g/mol. The maximum Gasteiger partial charge on any atom is 0.487 e. The molecule has 0 aliphatic rings. The molecule has 0 spiro atoms. The molecule has 20 heavy (non-hydrogen) atoms. The van der Waals surface area contributed by atoms with Crippen molar-refractivity contribution in [3.05, 3.63) is 54.1 Å². The van der Waals surface area contributed by atoms with Gasteiger partial charge in [0.25, 0.3) is 0 Å². The predicted octanol–water partition coefficient (Wildman–Crippen LogP) is 4.72. The highest BCUT2D eigenvalue weighted by Crippen LogP contribution is 2.27. The van der Waals surface area contributed by atoms with Gasteiger partial charge in [0.05, 0.1) is 0 Å². The van der Waals surface area contributed by atoms with E-state index < -0.39 is 5.57 Å². The van der Waals surface area contributed by atoms with E-state index in [1.165, 1.54) is 19.1 Å². The van der Waals surface area contributed by atoms with Gasteiger partial charge in [-0.2, -0.15) is 0 Å². The first kappa shape index (κ1) is 14.5. The first-order valence-electron chi connectivity index (χ1n) is 5.82. The van der Waals surface area contributed by atoms with Crippen LogP contribution in [0.4, 0.5) is 8.78 Å². The fraction of sp³-hybridized carbons (Fsp3) is 0.133. The molecule has 0 radical (unpaired) electrons. The fourth-order valence-electron chi connectivity index (χ4n) is 1.75. The Kier molecular flexibility index (Phi) is 4.04. The molecule has 0 unspecified atom stereocenters. The normalized spacial score (nSPS) is 11.2. The van der Waals surface area contributed by atoms with Crippen molar-refractivity contribution in [3.8, 4) is 16.9 Å². The summed E-state index contributed by atoms with van der Waals surface area (Å²) in [5, 5.41) is 0. The van der Waals surface area contributed by atoms with Gasteiger partial charge in [0.15, 0.2) is 5.78 Å². The number of rotatable bonds is 4. The Morgan fingerprint density at radius 1 is 1.00 bits per heavy atom. The van der Waals surface area contributed by atoms with Gasteiger partial charge in [0.2, 0.25) is 0 Å². The van der Waals surface area contributed by atoms with Crippen LogP contribution in [0.25, 0.3) is 11.1 Å². The molecule has 0 amide bonds. The largest absolute Gasteiger partial charge is 0.487 e. The van der Waals surface area contributed by atoms with E-state index in [-0.39, 0.29) is 11.5 Å². The Morgan fingerprint density at radius 3 is 1.85 bits per heavy atom. The minimum absolute atomic E-state index is 0.00959. The van der Waals surface area contributed by atoms with Crippen LogP contribution >= 0.6 is 11.6 Å². The summed E-state index contributed by atoms with van der Waals surface area (Å²) in [5.41, 5.74) is -1.40. The van der Waals surface area contributed by atoms with Crippen LogP contribution < -0.4 is 4.74 Å². The number of carbonyl (C=O) groups excluding carboxylic acids is 1. The lowest BCUT2D eigenvalue weighted by Crippen LogP contribution is -2.15. The van der Waals surface area contributed by atoms with Crippen LogP contribution in [0.3, 0.4) is 0 Å². The summed E-state index contributed by atoms with van der Waals surface area (Å²) in [7, 11) is 0. The van der Waals surface area contributed by atoms with Crippen LogP contribution in [0, 0.1) is 0 Å². The summed E-state index contributed by atoms with van der Waals surface area (Å²) in [6.07, 6.45) is 0. The number of ketones is 1. The van der Waals surface area contributed by atoms with Crippen molar-refractivity contribution in [3.63, 3.8) is 0 Å². The molecule has 5 heteroatoms. The molecule has 0 aliphatic carbocycles. The number of alkyl halides is 3. The second kappa shape index (κ2) is 5.59. The maximum atomic E-state index is 12.5. The average molecular weight is 297 g/mol. The molecule has 2 nitrogen and oxygen atoms in total. The Morgan fingerprint density at radius 2 is 1.45 bits per heavy atom. The van der Waals surface area contributed by atoms with Gasteiger partial charge in [0.1, 0.15) is 5.75 Å². The molecule has 2 rings (SSSR count). The van der Waals surface area contributed by atoms with Crippen molar-refractivity contribution in [2.75, 3.05) is 0 Å². The van der Waals surface area contributed by atoms with E-state index in [1.807, 2.05) is 0 Å². The lowest BCUT2D eigenvalue weighted by molar-refractivity contribution is -0.0964. The molecule has 2 aromatic carbocycles. The molecule has 0 saturated carbocycles. The van der Waals surface area contributed by atoms with E-state index in [9.17, 15) is 13.6 Å². The highest BCUT2D eigenvalue weighted by atomic mass is 35.5. The highest BCUT2D eigenvalue weighted by Gasteiger charge is 2.27. The number of hydrogen-bond donors (Lipinski definition) is 0. The van der Waals surface area contributed by atoms with Crippen molar-refractivity contribution in [2.45, 2.75) is 12.5 Å². The lowest BCUT2D eigenvalue weighted by Gasteiger charge is -2.11. The molecular weight excluding hydrogens is 286 g/mol. The van der Waals surface area contributed by atoms with Gasteiger partial charge in [-0.25, -0.2) is 0 Å². The molecule has 0 atom stereocenters. The maximum absolute atomic E-state index is 12.5. The van der Waals surface area contributed by atoms with Gasteiger partial charge in [-0.3, -0.25) is 4.79 Å². The van der Waals surface area contributed by atoms with E-state index >= 15 is 0 Å². The summed E-state index contributed by atoms with van der Waals surface area (Å²) in [6, 6.07) is 13.1. The molecule has 0 saturated heterocycles. The van der Waals surface area contributed by atoms with E-state index in [0.29, 0.717) is 5.56 Å². The topological polar surface area (TPSA) is 26.3 Å². The number of halogens is 3. The average Bonchev–Trinajstić information content (AvgIpc) is 2.38. The summed E-state index contributed by atoms with van der Waals surface area (Å²) >= 11 is 4.68. The Labute approximate surface area is 119 Å². The lowest BCUT2D eigenvalue weighted by atomic mass is 10.0. The smallest absolute Gasteiger partial charge is 0.420 e. The molecule has 2 aromatic rings. The van der Waals surface area contributed by atoms with E-state index in [0.717, 1.165) is 11.1 Å². The summed E-state index contributed by atoms with van der Waals surface area (Å²) in [4.78, 5) is 11.2. The first-order valence-corrected chi connectivity index (χ1v) is 6.20. The number of Topliss-reactive ketones (excluding diaryl/α,β-unsaturated/α-hetero) is 1. The van der Waals surface area contributed by atoms with Crippen molar-refractivity contribution >= 4 is 17.4 Å². The Bertz CT molecular complexity index is 601. The first-order chi connectivity index (χ1) is 9.35. The van der Waals surface area contributed by atoms with Crippen LogP contribution in [0.15, 0.2) is 48.5 Å². The molecule has 0 N–H and O–H groups in total. The third-order valence-corrected chi connectivity index (χ3v) is 2.79. The Hall–Kier alpha value is -1.94. The summed E-state index contributed by atoms with van der Waals surface area (Å²) in [5.74, 6) is -0.0289. The van der Waals surface area contributed by atoms with Crippen LogP contribution in [0.1, 0.15) is 17.3 Å². The predicted molar refractivity (Wildman–Crippen MR) is 73.3 cm³/mol. The number of ether oxygens (including phenoxy) is 1. The van der Waals surface area contributed by atoms with E-state index in [1.54, 1.807) is 36.4 Å². The molecule has 0 heterocycles. The molecule has 0 bridgehead atoms. The number of hydrogen-bond acceptors (Lipinski definition) is 2. The molecule has 104 valence electrons. The second-order valence-corrected chi connectivity index (χ2v) is 4.65. The van der Waals surface area contributed by atoms with Gasteiger partial charge in [0, 0.05) is 17.2 Å². The summed E-state index contributed by atoms with van der Waals surface area (Å²) < 4.78 is 29.2. The van der Waals surface area contributed by atoms with Gasteiger partial charge < -0.3 is 4.74 Å². The third-order valence-electron chi connectivity index (χ3n) is 2.71. The van der Waals surface area contributed by atoms with Crippen LogP contribution in [-0.4, -0.2) is 11.4 Å². The van der Waals surface area contributed by atoms with E-state index in [4.69, 9.17) is 0 Å². The van der Waals surface area contributed by atoms with Crippen molar-refractivity contribution in [1.29, 1.82) is 0 Å². The van der Waals surface area contributed by atoms with Gasteiger partial charge >= 0.3 is 5.57 Å². The van der Waals surface area contributed by atoms with Gasteiger partial charge in [-0.15, -0.1) is 8.78 Å². The van der Waals surface area contributed by atoms with Crippen molar-refractivity contribution < 1.29 is 18.3 Å². The van der Waals surface area contributed by atoms with Gasteiger partial charge in [-0.1, -0.05) is 36.4 Å². The van der Waals surface area contributed by atoms with Crippen molar-refractivity contribution in [2.24, 2.45) is 0 Å². The second-order valence-electron chi connectivity index (χ2n) is 4.21. The van der Waals surface area contributed by atoms with Gasteiger partial charge in [-0.05, 0) is 30.2 Å². The zero-order valence-electron chi connectivity index (χ0n) is 10.6. The zero-order chi connectivity index (χ0) is 14.8. The van der Waals surface area contributed by atoms with Crippen LogP contribution in [0.5, 0.6) is 5.75 Å². The minimum atomic E-state index is -3.72. The fourth-order valence-corrected chi connectivity index (χ4v) is 1.84. The number of benzene rings is 2. The minimum Gasteiger partial charge on any atom is -0.420 e. The summed E-state index contributed by atoms with van der Waals surface area (Å²) in [6.45, 7) is 1.49. The molecule has 0 aliphatic heterocycles. The van der Waals surface area contributed by atoms with Crippen molar-refractivity contribution in [1.82, 2.24) is 0 Å². The highest BCUT2D eigenvalue weighted by molar-refractivity contribution is 6.20.